The fourth-order valence-electron chi connectivity index (χ4n) is 3.83. The lowest BCUT2D eigenvalue weighted by molar-refractivity contribution is 0.117. The van der Waals surface area contributed by atoms with Crippen LogP contribution in [0.15, 0.2) is 65.6 Å². The summed E-state index contributed by atoms with van der Waals surface area (Å²) in [6.07, 6.45) is 4.16. The monoisotopic (exact) mass is 349 g/mol. The molecule has 4 rings (SSSR count). The van der Waals surface area contributed by atoms with Gasteiger partial charge < -0.3 is 5.11 Å². The van der Waals surface area contributed by atoms with Crippen LogP contribution in [-0.4, -0.2) is 32.0 Å². The van der Waals surface area contributed by atoms with Crippen molar-refractivity contribution in [1.82, 2.24) is 14.3 Å². The molecule has 0 unspecified atom stereocenters. The van der Waals surface area contributed by atoms with Crippen molar-refractivity contribution >= 4 is 5.65 Å². The molecule has 134 valence electrons. The standard InChI is InChI=1S/C21H23N3O2/c25-19(16-7-2-1-3-8-16)14-18-9-6-11-23(18)15-17-13-21(26)24-12-5-4-10-20(24)22-17/h1-5,7-8,10,12-13,18-19,25H,6,9,11,14-15H2/t18-,19+/m0/s1. The largest absolute Gasteiger partial charge is 0.388 e. The quantitative estimate of drug-likeness (QED) is 0.769. The number of rotatable bonds is 5. The number of aromatic nitrogens is 2. The van der Waals surface area contributed by atoms with Crippen LogP contribution in [-0.2, 0) is 6.54 Å². The summed E-state index contributed by atoms with van der Waals surface area (Å²) in [6.45, 7) is 1.62. The smallest absolute Gasteiger partial charge is 0.258 e. The van der Waals surface area contributed by atoms with E-state index in [-0.39, 0.29) is 5.56 Å². The summed E-state index contributed by atoms with van der Waals surface area (Å²) in [5.74, 6) is 0. The molecule has 26 heavy (non-hydrogen) atoms. The van der Waals surface area contributed by atoms with Gasteiger partial charge in [0.15, 0.2) is 0 Å². The minimum Gasteiger partial charge on any atom is -0.388 e. The van der Waals surface area contributed by atoms with E-state index >= 15 is 0 Å². The van der Waals surface area contributed by atoms with Crippen molar-refractivity contribution in [2.24, 2.45) is 0 Å². The van der Waals surface area contributed by atoms with Crippen LogP contribution in [0.1, 0.15) is 36.6 Å². The number of nitrogens with zero attached hydrogens (tertiary/aromatic N) is 3. The van der Waals surface area contributed by atoms with Crippen molar-refractivity contribution in [2.45, 2.75) is 38.0 Å². The normalized spacial score (nSPS) is 19.0. The Morgan fingerprint density at radius 3 is 2.81 bits per heavy atom. The van der Waals surface area contributed by atoms with E-state index < -0.39 is 6.10 Å². The van der Waals surface area contributed by atoms with Gasteiger partial charge in [0.2, 0.25) is 0 Å². The molecule has 1 N–H and O–H groups in total. The van der Waals surface area contributed by atoms with Crippen LogP contribution >= 0.6 is 0 Å². The van der Waals surface area contributed by atoms with Crippen LogP contribution < -0.4 is 5.56 Å². The molecule has 0 radical (unpaired) electrons. The molecule has 1 saturated heterocycles. The topological polar surface area (TPSA) is 57.8 Å². The van der Waals surface area contributed by atoms with Gasteiger partial charge in [-0.05, 0) is 43.5 Å². The predicted molar refractivity (Wildman–Crippen MR) is 101 cm³/mol. The van der Waals surface area contributed by atoms with Crippen LogP contribution in [0.4, 0.5) is 0 Å². The maximum atomic E-state index is 12.3. The van der Waals surface area contributed by atoms with E-state index in [9.17, 15) is 9.90 Å². The lowest BCUT2D eigenvalue weighted by atomic mass is 10.0. The third-order valence-corrected chi connectivity index (χ3v) is 5.17. The van der Waals surface area contributed by atoms with Crippen molar-refractivity contribution in [2.75, 3.05) is 6.54 Å². The Balaban J connectivity index is 1.50. The third-order valence-electron chi connectivity index (χ3n) is 5.17. The molecule has 3 aromatic rings. The highest BCUT2D eigenvalue weighted by Crippen LogP contribution is 2.28. The Labute approximate surface area is 152 Å². The molecular formula is C21H23N3O2. The zero-order valence-corrected chi connectivity index (χ0v) is 14.7. The van der Waals surface area contributed by atoms with E-state index in [1.165, 1.54) is 0 Å². The molecule has 2 aromatic heterocycles. The summed E-state index contributed by atoms with van der Waals surface area (Å²) < 4.78 is 1.56. The van der Waals surface area contributed by atoms with Gasteiger partial charge in [-0.3, -0.25) is 14.1 Å². The van der Waals surface area contributed by atoms with Crippen molar-refractivity contribution in [3.63, 3.8) is 0 Å². The summed E-state index contributed by atoms with van der Waals surface area (Å²) >= 11 is 0. The molecule has 0 aliphatic carbocycles. The Morgan fingerprint density at radius 1 is 1.15 bits per heavy atom. The molecule has 2 atom stereocenters. The first-order valence-corrected chi connectivity index (χ1v) is 9.15. The first kappa shape index (κ1) is 16.9. The van der Waals surface area contributed by atoms with Gasteiger partial charge in [0.1, 0.15) is 5.65 Å². The van der Waals surface area contributed by atoms with E-state index in [1.807, 2.05) is 48.5 Å². The summed E-state index contributed by atoms with van der Waals surface area (Å²) in [5, 5.41) is 10.6. The fourth-order valence-corrected chi connectivity index (χ4v) is 3.83. The molecule has 1 aromatic carbocycles. The van der Waals surface area contributed by atoms with Crippen LogP contribution in [0.5, 0.6) is 0 Å². The Bertz CT molecular complexity index is 939. The van der Waals surface area contributed by atoms with Gasteiger partial charge in [0, 0.05) is 24.8 Å². The Morgan fingerprint density at radius 2 is 1.96 bits per heavy atom. The predicted octanol–water partition coefficient (Wildman–Crippen LogP) is 2.78. The molecular weight excluding hydrogens is 326 g/mol. The zero-order valence-electron chi connectivity index (χ0n) is 14.7. The summed E-state index contributed by atoms with van der Waals surface area (Å²) in [7, 11) is 0. The molecule has 3 heterocycles. The Hall–Kier alpha value is -2.50. The van der Waals surface area contributed by atoms with Gasteiger partial charge in [-0.2, -0.15) is 0 Å². The molecule has 0 spiro atoms. The van der Waals surface area contributed by atoms with Crippen molar-refractivity contribution in [3.8, 4) is 0 Å². The van der Waals surface area contributed by atoms with E-state index in [1.54, 1.807) is 16.7 Å². The number of likely N-dealkylation sites (tertiary alicyclic amines) is 1. The van der Waals surface area contributed by atoms with Gasteiger partial charge >= 0.3 is 0 Å². The van der Waals surface area contributed by atoms with Crippen LogP contribution in [0.25, 0.3) is 5.65 Å². The average molecular weight is 349 g/mol. The SMILES string of the molecule is O=c1cc(CN2CCC[C@H]2C[C@@H](O)c2ccccc2)nc2ccccn12. The maximum absolute atomic E-state index is 12.3. The van der Waals surface area contributed by atoms with Crippen molar-refractivity contribution in [1.29, 1.82) is 0 Å². The van der Waals surface area contributed by atoms with Gasteiger partial charge in [-0.25, -0.2) is 4.98 Å². The zero-order chi connectivity index (χ0) is 17.9. The van der Waals surface area contributed by atoms with Gasteiger partial charge in [0.25, 0.3) is 5.56 Å². The number of aliphatic hydroxyl groups excluding tert-OH is 1. The van der Waals surface area contributed by atoms with Gasteiger partial charge in [0.05, 0.1) is 11.8 Å². The highest BCUT2D eigenvalue weighted by atomic mass is 16.3. The first-order chi connectivity index (χ1) is 12.7. The molecule has 0 saturated carbocycles. The van der Waals surface area contributed by atoms with Crippen molar-refractivity contribution in [3.05, 3.63) is 82.4 Å². The molecule has 0 bridgehead atoms. The molecule has 1 aliphatic rings. The Kier molecular flexibility index (Phi) is 4.82. The second-order valence-corrected chi connectivity index (χ2v) is 6.94. The van der Waals surface area contributed by atoms with Crippen LogP contribution in [0, 0.1) is 0 Å². The van der Waals surface area contributed by atoms with Gasteiger partial charge in [-0.15, -0.1) is 0 Å². The highest BCUT2D eigenvalue weighted by Gasteiger charge is 2.27. The highest BCUT2D eigenvalue weighted by molar-refractivity contribution is 5.38. The molecule has 0 amide bonds. The molecule has 1 aliphatic heterocycles. The molecule has 5 nitrogen and oxygen atoms in total. The summed E-state index contributed by atoms with van der Waals surface area (Å²) in [4.78, 5) is 19.3. The number of pyridine rings is 1. The second-order valence-electron chi connectivity index (χ2n) is 6.94. The van der Waals surface area contributed by atoms with Crippen LogP contribution in [0.3, 0.4) is 0 Å². The first-order valence-electron chi connectivity index (χ1n) is 9.15. The van der Waals surface area contributed by atoms with Crippen molar-refractivity contribution < 1.29 is 5.11 Å². The third kappa shape index (κ3) is 3.54. The average Bonchev–Trinajstić information content (AvgIpc) is 3.09. The van der Waals surface area contributed by atoms with E-state index in [0.717, 1.165) is 30.6 Å². The summed E-state index contributed by atoms with van der Waals surface area (Å²) in [5.41, 5.74) is 2.38. The number of hydrogen-bond donors (Lipinski definition) is 1. The van der Waals surface area contributed by atoms with E-state index in [0.29, 0.717) is 24.7 Å². The minimum absolute atomic E-state index is 0.0503. The lowest BCUT2D eigenvalue weighted by Crippen LogP contribution is -2.31. The number of hydrogen-bond acceptors (Lipinski definition) is 4. The molecule has 1 fully saturated rings. The lowest BCUT2D eigenvalue weighted by Gasteiger charge is -2.26. The summed E-state index contributed by atoms with van der Waals surface area (Å²) in [6, 6.07) is 17.3. The second kappa shape index (κ2) is 7.40. The number of aliphatic hydroxyl groups is 1. The minimum atomic E-state index is -0.461. The van der Waals surface area contributed by atoms with E-state index in [4.69, 9.17) is 0 Å². The fraction of sp³-hybridized carbons (Fsp3) is 0.333. The van der Waals surface area contributed by atoms with Crippen LogP contribution in [0.2, 0.25) is 0 Å². The van der Waals surface area contributed by atoms with Gasteiger partial charge in [-0.1, -0.05) is 36.4 Å². The number of fused-ring (bicyclic) bond motifs is 1. The molecule has 5 heteroatoms. The maximum Gasteiger partial charge on any atom is 0.258 e. The number of benzene rings is 1. The van der Waals surface area contributed by atoms with E-state index in [2.05, 4.69) is 9.88 Å².